The number of pyridine rings is 1. The number of carboxylic acid groups (broad SMARTS) is 1. The molecule has 6 nitrogen and oxygen atoms in total. The number of aromatic nitrogens is 1. The number of hydrogen-bond donors (Lipinski definition) is 1. The van der Waals surface area contributed by atoms with Gasteiger partial charge in [-0.05, 0) is 6.07 Å². The second-order valence-electron chi connectivity index (χ2n) is 3.84. The molecule has 1 N–H and O–H groups in total. The summed E-state index contributed by atoms with van der Waals surface area (Å²) in [6.45, 7) is 7.59. The number of amides is 1. The summed E-state index contributed by atoms with van der Waals surface area (Å²) in [6.07, 6.45) is 5.80. The molecule has 0 saturated carbocycles. The van der Waals surface area contributed by atoms with Gasteiger partial charge >= 0.3 is 5.97 Å². The van der Waals surface area contributed by atoms with Crippen molar-refractivity contribution in [2.75, 3.05) is 19.7 Å². The van der Waals surface area contributed by atoms with Gasteiger partial charge < -0.3 is 14.7 Å². The van der Waals surface area contributed by atoms with E-state index in [1.54, 1.807) is 12.2 Å². The molecule has 1 rings (SSSR count). The fraction of sp³-hybridized carbons (Fsp3) is 0.214. The van der Waals surface area contributed by atoms with Gasteiger partial charge in [0.1, 0.15) is 5.56 Å². The van der Waals surface area contributed by atoms with E-state index in [1.807, 2.05) is 0 Å². The molecule has 20 heavy (non-hydrogen) atoms. The highest BCUT2D eigenvalue weighted by Gasteiger charge is 2.15. The Bertz CT molecular complexity index is 504. The molecule has 0 radical (unpaired) electrons. The highest BCUT2D eigenvalue weighted by Crippen LogP contribution is 2.16. The van der Waals surface area contributed by atoms with Crippen LogP contribution in [0.1, 0.15) is 10.4 Å². The lowest BCUT2D eigenvalue weighted by Crippen LogP contribution is -2.35. The first kappa shape index (κ1) is 15.4. The largest absolute Gasteiger partial charge is 0.481 e. The summed E-state index contributed by atoms with van der Waals surface area (Å²) in [7, 11) is 0. The van der Waals surface area contributed by atoms with Crippen LogP contribution in [0.2, 0.25) is 0 Å². The maximum absolute atomic E-state index is 11.9. The van der Waals surface area contributed by atoms with Gasteiger partial charge in [0, 0.05) is 19.3 Å². The molecule has 1 amide bonds. The third-order valence-corrected chi connectivity index (χ3v) is 2.42. The van der Waals surface area contributed by atoms with Crippen LogP contribution < -0.4 is 4.74 Å². The lowest BCUT2D eigenvalue weighted by Gasteiger charge is -2.19. The van der Waals surface area contributed by atoms with Gasteiger partial charge in [-0.3, -0.25) is 9.78 Å². The summed E-state index contributed by atoms with van der Waals surface area (Å²) in [5.41, 5.74) is -0.0354. The number of hydrogen-bond acceptors (Lipinski definition) is 4. The van der Waals surface area contributed by atoms with E-state index in [-0.39, 0.29) is 23.8 Å². The maximum atomic E-state index is 11.9. The molecule has 0 atom stereocenters. The standard InChI is InChI=1S/C14H16N2O4/c1-3-7-16(8-4-2)13(17)10-20-12-9-15-6-5-11(12)14(18)19/h3-6,9H,1-2,7-8,10H2,(H,18,19). The Hall–Kier alpha value is -2.63. The number of aromatic carboxylic acids is 1. The van der Waals surface area contributed by atoms with Crippen LogP contribution in [0.15, 0.2) is 43.8 Å². The minimum atomic E-state index is -1.14. The summed E-state index contributed by atoms with van der Waals surface area (Å²) in [4.78, 5) is 28.2. The normalized spacial score (nSPS) is 9.60. The highest BCUT2D eigenvalue weighted by molar-refractivity contribution is 5.90. The Morgan fingerprint density at radius 1 is 1.35 bits per heavy atom. The van der Waals surface area contributed by atoms with Crippen LogP contribution in [0.5, 0.6) is 5.75 Å². The van der Waals surface area contributed by atoms with Crippen LogP contribution in [-0.2, 0) is 4.79 Å². The van der Waals surface area contributed by atoms with Crippen molar-refractivity contribution < 1.29 is 19.4 Å². The predicted molar refractivity (Wildman–Crippen MR) is 73.7 cm³/mol. The first-order valence-electron chi connectivity index (χ1n) is 5.89. The molecular weight excluding hydrogens is 260 g/mol. The van der Waals surface area contributed by atoms with Crippen molar-refractivity contribution in [3.8, 4) is 5.75 Å². The molecule has 0 aromatic carbocycles. The molecule has 1 heterocycles. The number of carbonyl (C=O) groups excluding carboxylic acids is 1. The van der Waals surface area contributed by atoms with Crippen LogP contribution in [0.4, 0.5) is 0 Å². The van der Waals surface area contributed by atoms with Crippen molar-refractivity contribution >= 4 is 11.9 Å². The summed E-state index contributed by atoms with van der Waals surface area (Å²) in [6, 6.07) is 1.31. The van der Waals surface area contributed by atoms with E-state index in [4.69, 9.17) is 9.84 Å². The second kappa shape index (κ2) is 7.73. The van der Waals surface area contributed by atoms with E-state index in [1.165, 1.54) is 23.4 Å². The van der Waals surface area contributed by atoms with Crippen LogP contribution in [0, 0.1) is 0 Å². The molecule has 0 saturated heterocycles. The average Bonchev–Trinajstić information content (AvgIpc) is 2.44. The zero-order valence-corrected chi connectivity index (χ0v) is 11.0. The molecule has 0 spiro atoms. The van der Waals surface area contributed by atoms with Gasteiger partial charge in [-0.1, -0.05) is 12.2 Å². The van der Waals surface area contributed by atoms with Gasteiger partial charge in [0.2, 0.25) is 0 Å². The number of ether oxygens (including phenoxy) is 1. The SMILES string of the molecule is C=CCN(CC=C)C(=O)COc1cnccc1C(=O)O. The maximum Gasteiger partial charge on any atom is 0.339 e. The van der Waals surface area contributed by atoms with E-state index in [0.29, 0.717) is 13.1 Å². The van der Waals surface area contributed by atoms with Crippen molar-refractivity contribution in [2.45, 2.75) is 0 Å². The monoisotopic (exact) mass is 276 g/mol. The molecular formula is C14H16N2O4. The Balaban J connectivity index is 2.71. The average molecular weight is 276 g/mol. The van der Waals surface area contributed by atoms with Crippen LogP contribution in [0.25, 0.3) is 0 Å². The van der Waals surface area contributed by atoms with E-state index in [0.717, 1.165) is 0 Å². The lowest BCUT2D eigenvalue weighted by molar-refractivity contribution is -0.132. The van der Waals surface area contributed by atoms with Crippen molar-refractivity contribution in [2.24, 2.45) is 0 Å². The predicted octanol–water partition coefficient (Wildman–Crippen LogP) is 1.36. The molecule has 0 aliphatic heterocycles. The Morgan fingerprint density at radius 2 is 2.00 bits per heavy atom. The van der Waals surface area contributed by atoms with Crippen LogP contribution >= 0.6 is 0 Å². The minimum absolute atomic E-state index is 0.0354. The molecule has 0 unspecified atom stereocenters. The highest BCUT2D eigenvalue weighted by atomic mass is 16.5. The Kier molecular flexibility index (Phi) is 5.96. The number of rotatable bonds is 8. The van der Waals surface area contributed by atoms with Gasteiger partial charge in [0.15, 0.2) is 12.4 Å². The van der Waals surface area contributed by atoms with E-state index in [2.05, 4.69) is 18.1 Å². The van der Waals surface area contributed by atoms with Gasteiger partial charge in [0.25, 0.3) is 5.91 Å². The van der Waals surface area contributed by atoms with E-state index >= 15 is 0 Å². The van der Waals surface area contributed by atoms with Gasteiger partial charge in [-0.15, -0.1) is 13.2 Å². The molecule has 6 heteroatoms. The molecule has 0 bridgehead atoms. The van der Waals surface area contributed by atoms with Gasteiger partial charge in [0.05, 0.1) is 6.20 Å². The number of carboxylic acids is 1. The third-order valence-electron chi connectivity index (χ3n) is 2.42. The fourth-order valence-electron chi connectivity index (χ4n) is 1.49. The minimum Gasteiger partial charge on any atom is -0.481 e. The molecule has 1 aromatic rings. The lowest BCUT2D eigenvalue weighted by atomic mass is 10.2. The van der Waals surface area contributed by atoms with E-state index in [9.17, 15) is 9.59 Å². The Labute approximate surface area is 117 Å². The molecule has 1 aromatic heterocycles. The summed E-state index contributed by atoms with van der Waals surface area (Å²) in [5.74, 6) is -1.36. The second-order valence-corrected chi connectivity index (χ2v) is 3.84. The summed E-state index contributed by atoms with van der Waals surface area (Å²) < 4.78 is 5.23. The smallest absolute Gasteiger partial charge is 0.339 e. The third kappa shape index (κ3) is 4.24. The molecule has 0 aliphatic carbocycles. The fourth-order valence-corrected chi connectivity index (χ4v) is 1.49. The molecule has 0 fully saturated rings. The topological polar surface area (TPSA) is 79.7 Å². The zero-order chi connectivity index (χ0) is 15.0. The summed E-state index contributed by atoms with van der Waals surface area (Å²) in [5, 5.41) is 8.98. The van der Waals surface area contributed by atoms with Crippen molar-refractivity contribution in [3.63, 3.8) is 0 Å². The first-order chi connectivity index (χ1) is 9.60. The quantitative estimate of drug-likeness (QED) is 0.725. The zero-order valence-electron chi connectivity index (χ0n) is 11.0. The number of carbonyl (C=O) groups is 2. The van der Waals surface area contributed by atoms with Crippen molar-refractivity contribution in [1.29, 1.82) is 0 Å². The van der Waals surface area contributed by atoms with Crippen LogP contribution in [-0.4, -0.2) is 46.6 Å². The van der Waals surface area contributed by atoms with Crippen LogP contribution in [0.3, 0.4) is 0 Å². The number of nitrogens with zero attached hydrogens (tertiary/aromatic N) is 2. The van der Waals surface area contributed by atoms with Crippen molar-refractivity contribution in [3.05, 3.63) is 49.3 Å². The van der Waals surface area contributed by atoms with Gasteiger partial charge in [-0.25, -0.2) is 4.79 Å². The first-order valence-corrected chi connectivity index (χ1v) is 5.89. The van der Waals surface area contributed by atoms with E-state index < -0.39 is 5.97 Å². The molecule has 106 valence electrons. The summed E-state index contributed by atoms with van der Waals surface area (Å²) >= 11 is 0. The van der Waals surface area contributed by atoms with Gasteiger partial charge in [-0.2, -0.15) is 0 Å². The Morgan fingerprint density at radius 3 is 2.55 bits per heavy atom. The molecule has 0 aliphatic rings. The van der Waals surface area contributed by atoms with Crippen molar-refractivity contribution in [1.82, 2.24) is 9.88 Å².